The Kier molecular flexibility index (Phi) is 3.88. The van der Waals surface area contributed by atoms with E-state index in [2.05, 4.69) is 0 Å². The van der Waals surface area contributed by atoms with Crippen molar-refractivity contribution >= 4 is 9.84 Å². The third-order valence-corrected chi connectivity index (χ3v) is 3.26. The van der Waals surface area contributed by atoms with Crippen LogP contribution in [0.2, 0.25) is 0 Å². The molecule has 0 aliphatic rings. The second-order valence-corrected chi connectivity index (χ2v) is 5.39. The average Bonchev–Trinajstić information content (AvgIpc) is 2.16. The van der Waals surface area contributed by atoms with Crippen LogP contribution >= 0.6 is 0 Å². The first kappa shape index (κ1) is 12.9. The summed E-state index contributed by atoms with van der Waals surface area (Å²) in [5.41, 5.74) is 5.93. The summed E-state index contributed by atoms with van der Waals surface area (Å²) < 4.78 is 41.1. The highest BCUT2D eigenvalue weighted by molar-refractivity contribution is 7.90. The molecule has 0 unspecified atom stereocenters. The van der Waals surface area contributed by atoms with Crippen molar-refractivity contribution in [1.29, 1.82) is 0 Å². The maximum atomic E-state index is 13.5. The molecule has 0 aliphatic carbocycles. The number of hydrogen-bond donors (Lipinski definition) is 1. The molecule has 0 aliphatic heterocycles. The van der Waals surface area contributed by atoms with Gasteiger partial charge in [0.25, 0.3) is 0 Å². The number of ether oxygens (including phenoxy) is 1. The summed E-state index contributed by atoms with van der Waals surface area (Å²) in [4.78, 5) is -0.356. The van der Waals surface area contributed by atoms with Gasteiger partial charge in [-0.15, -0.1) is 0 Å². The van der Waals surface area contributed by atoms with Gasteiger partial charge < -0.3 is 10.5 Å². The molecule has 6 heteroatoms. The van der Waals surface area contributed by atoms with E-state index in [1.807, 2.05) is 0 Å². The third kappa shape index (κ3) is 2.70. The summed E-state index contributed by atoms with van der Waals surface area (Å²) in [6.45, 7) is 0.341. The van der Waals surface area contributed by atoms with E-state index in [0.29, 0.717) is 24.3 Å². The number of benzene rings is 1. The highest BCUT2D eigenvalue weighted by Crippen LogP contribution is 2.26. The SMILES string of the molecule is COc1cc(S(C)(=O)=O)c(F)cc1CCN. The second kappa shape index (κ2) is 4.80. The zero-order valence-electron chi connectivity index (χ0n) is 9.16. The zero-order chi connectivity index (χ0) is 12.3. The van der Waals surface area contributed by atoms with E-state index >= 15 is 0 Å². The highest BCUT2D eigenvalue weighted by Gasteiger charge is 2.17. The van der Waals surface area contributed by atoms with Crippen molar-refractivity contribution in [1.82, 2.24) is 0 Å². The van der Waals surface area contributed by atoms with Gasteiger partial charge in [-0.2, -0.15) is 0 Å². The van der Waals surface area contributed by atoms with E-state index in [1.54, 1.807) is 0 Å². The lowest BCUT2D eigenvalue weighted by molar-refractivity contribution is 0.406. The van der Waals surface area contributed by atoms with Crippen molar-refractivity contribution in [2.24, 2.45) is 5.73 Å². The van der Waals surface area contributed by atoms with Gasteiger partial charge in [0, 0.05) is 12.3 Å². The standard InChI is InChI=1S/C10H14FNO3S/c1-15-9-6-10(16(2,13)14)8(11)5-7(9)3-4-12/h5-6H,3-4,12H2,1-2H3. The summed E-state index contributed by atoms with van der Waals surface area (Å²) in [5.74, 6) is -0.431. The lowest BCUT2D eigenvalue weighted by Crippen LogP contribution is -2.07. The molecule has 1 rings (SSSR count). The van der Waals surface area contributed by atoms with Gasteiger partial charge in [0.1, 0.15) is 16.5 Å². The quantitative estimate of drug-likeness (QED) is 0.852. The molecule has 0 radical (unpaired) electrons. The molecular formula is C10H14FNO3S. The minimum Gasteiger partial charge on any atom is -0.496 e. The summed E-state index contributed by atoms with van der Waals surface area (Å²) >= 11 is 0. The van der Waals surface area contributed by atoms with Gasteiger partial charge in [0.2, 0.25) is 0 Å². The van der Waals surface area contributed by atoms with Crippen molar-refractivity contribution < 1.29 is 17.5 Å². The number of rotatable bonds is 4. The van der Waals surface area contributed by atoms with Gasteiger partial charge >= 0.3 is 0 Å². The minimum absolute atomic E-state index is 0.340. The third-order valence-electron chi connectivity index (χ3n) is 2.15. The molecule has 4 nitrogen and oxygen atoms in total. The van der Waals surface area contributed by atoms with Gasteiger partial charge in [0.05, 0.1) is 7.11 Å². The van der Waals surface area contributed by atoms with Crippen LogP contribution in [0.5, 0.6) is 5.75 Å². The van der Waals surface area contributed by atoms with E-state index in [4.69, 9.17) is 10.5 Å². The Morgan fingerprint density at radius 1 is 1.44 bits per heavy atom. The number of sulfone groups is 1. The topological polar surface area (TPSA) is 69.4 Å². The molecule has 0 bridgehead atoms. The van der Waals surface area contributed by atoms with Crippen molar-refractivity contribution in [3.8, 4) is 5.75 Å². The van der Waals surface area contributed by atoms with Crippen LogP contribution in [0, 0.1) is 5.82 Å². The Bertz CT molecular complexity index is 485. The van der Waals surface area contributed by atoms with Gasteiger partial charge in [-0.3, -0.25) is 0 Å². The lowest BCUT2D eigenvalue weighted by atomic mass is 10.1. The van der Waals surface area contributed by atoms with Crippen molar-refractivity contribution in [3.63, 3.8) is 0 Å². The van der Waals surface area contributed by atoms with Gasteiger partial charge in [-0.1, -0.05) is 0 Å². The maximum absolute atomic E-state index is 13.5. The lowest BCUT2D eigenvalue weighted by Gasteiger charge is -2.10. The summed E-state index contributed by atoms with van der Waals surface area (Å²) in [6, 6.07) is 2.34. The first-order valence-corrected chi connectivity index (χ1v) is 6.55. The zero-order valence-corrected chi connectivity index (χ0v) is 9.97. The van der Waals surface area contributed by atoms with Crippen molar-refractivity contribution in [3.05, 3.63) is 23.5 Å². The van der Waals surface area contributed by atoms with Crippen LogP contribution in [0.4, 0.5) is 4.39 Å². The van der Waals surface area contributed by atoms with Crippen LogP contribution in [-0.2, 0) is 16.3 Å². The molecular weight excluding hydrogens is 233 g/mol. The van der Waals surface area contributed by atoms with Crippen LogP contribution in [0.25, 0.3) is 0 Å². The normalized spacial score (nSPS) is 11.5. The molecule has 16 heavy (non-hydrogen) atoms. The number of halogens is 1. The first-order chi connectivity index (χ1) is 7.40. The van der Waals surface area contributed by atoms with Crippen LogP contribution < -0.4 is 10.5 Å². The number of hydrogen-bond acceptors (Lipinski definition) is 4. The van der Waals surface area contributed by atoms with Crippen LogP contribution in [0.1, 0.15) is 5.56 Å². The monoisotopic (exact) mass is 247 g/mol. The van der Waals surface area contributed by atoms with E-state index in [-0.39, 0.29) is 4.90 Å². The predicted molar refractivity (Wildman–Crippen MR) is 58.8 cm³/mol. The molecule has 1 aromatic carbocycles. The molecule has 90 valence electrons. The smallest absolute Gasteiger partial charge is 0.178 e. The largest absolute Gasteiger partial charge is 0.496 e. The molecule has 0 saturated carbocycles. The molecule has 0 saturated heterocycles. The minimum atomic E-state index is -3.58. The van der Waals surface area contributed by atoms with E-state index < -0.39 is 15.7 Å². The summed E-state index contributed by atoms with van der Waals surface area (Å²) in [6.07, 6.45) is 1.39. The molecule has 0 spiro atoms. The van der Waals surface area contributed by atoms with Gasteiger partial charge in [-0.25, -0.2) is 12.8 Å². The van der Waals surface area contributed by atoms with Crippen LogP contribution in [0.15, 0.2) is 17.0 Å². The Labute approximate surface area is 94.1 Å². The fourth-order valence-corrected chi connectivity index (χ4v) is 2.14. The molecule has 2 N–H and O–H groups in total. The molecule has 1 aromatic rings. The Morgan fingerprint density at radius 2 is 2.06 bits per heavy atom. The van der Waals surface area contributed by atoms with E-state index in [1.165, 1.54) is 13.2 Å². The van der Waals surface area contributed by atoms with Crippen molar-refractivity contribution in [2.45, 2.75) is 11.3 Å². The number of methoxy groups -OCH3 is 1. The second-order valence-electron chi connectivity index (χ2n) is 3.41. The van der Waals surface area contributed by atoms with Crippen LogP contribution in [-0.4, -0.2) is 28.3 Å². The Morgan fingerprint density at radius 3 is 2.50 bits per heavy atom. The van der Waals surface area contributed by atoms with Gasteiger partial charge in [-0.05, 0) is 24.6 Å². The molecule has 0 amide bonds. The number of nitrogens with two attached hydrogens (primary N) is 1. The summed E-state index contributed by atoms with van der Waals surface area (Å²) in [5, 5.41) is 0. The van der Waals surface area contributed by atoms with Crippen LogP contribution in [0.3, 0.4) is 0 Å². The highest BCUT2D eigenvalue weighted by atomic mass is 32.2. The fraction of sp³-hybridized carbons (Fsp3) is 0.400. The fourth-order valence-electron chi connectivity index (χ4n) is 1.40. The van der Waals surface area contributed by atoms with Crippen molar-refractivity contribution in [2.75, 3.05) is 19.9 Å². The van der Waals surface area contributed by atoms with E-state index in [9.17, 15) is 12.8 Å². The predicted octanol–water partition coefficient (Wildman–Crippen LogP) is 0.739. The Balaban J connectivity index is 3.37. The Hall–Kier alpha value is -1.14. The molecule has 0 heterocycles. The average molecular weight is 247 g/mol. The maximum Gasteiger partial charge on any atom is 0.178 e. The summed E-state index contributed by atoms with van der Waals surface area (Å²) in [7, 11) is -2.18. The molecule has 0 fully saturated rings. The molecule has 0 atom stereocenters. The van der Waals surface area contributed by atoms with E-state index in [0.717, 1.165) is 12.3 Å². The molecule has 0 aromatic heterocycles. The first-order valence-electron chi connectivity index (χ1n) is 4.66. The van der Waals surface area contributed by atoms with Gasteiger partial charge in [0.15, 0.2) is 9.84 Å².